The van der Waals surface area contributed by atoms with Crippen molar-refractivity contribution in [1.82, 2.24) is 10.6 Å². The number of carboxylic acid groups (broad SMARTS) is 1. The van der Waals surface area contributed by atoms with Crippen LogP contribution in [0, 0.1) is 0 Å². The van der Waals surface area contributed by atoms with Gasteiger partial charge in [-0.2, -0.15) is 0 Å². The van der Waals surface area contributed by atoms with Crippen LogP contribution in [-0.2, 0) is 14.4 Å². The lowest BCUT2D eigenvalue weighted by molar-refractivity contribution is -0.143. The average molecular weight is 243 g/mol. The summed E-state index contributed by atoms with van der Waals surface area (Å²) in [4.78, 5) is 33.2. The third kappa shape index (κ3) is 4.39. The molecule has 2 amide bonds. The summed E-state index contributed by atoms with van der Waals surface area (Å²) in [5.74, 6) is -2.40. The van der Waals surface area contributed by atoms with Crippen molar-refractivity contribution >= 4 is 17.8 Å². The maximum absolute atomic E-state index is 11.7. The Morgan fingerprint density at radius 2 is 2.12 bits per heavy atom. The van der Waals surface area contributed by atoms with Gasteiger partial charge in [-0.3, -0.25) is 9.59 Å². The van der Waals surface area contributed by atoms with Gasteiger partial charge in [-0.25, -0.2) is 4.79 Å². The largest absolute Gasteiger partial charge is 0.480 e. The SMILES string of the molecule is NC(=O)CC(NC(=O)[C@@H]1CCCCN1)C(=O)O. The second kappa shape index (κ2) is 6.19. The number of rotatable bonds is 5. The zero-order valence-corrected chi connectivity index (χ0v) is 9.44. The minimum Gasteiger partial charge on any atom is -0.480 e. The summed E-state index contributed by atoms with van der Waals surface area (Å²) >= 11 is 0. The molecule has 0 aliphatic carbocycles. The number of piperidine rings is 1. The minimum atomic E-state index is -1.26. The molecule has 0 radical (unpaired) electrons. The molecule has 0 spiro atoms. The Morgan fingerprint density at radius 3 is 2.59 bits per heavy atom. The van der Waals surface area contributed by atoms with E-state index in [1.54, 1.807) is 0 Å². The summed E-state index contributed by atoms with van der Waals surface area (Å²) in [6.07, 6.45) is 2.22. The number of nitrogens with two attached hydrogens (primary N) is 1. The second-order valence-corrected chi connectivity index (χ2v) is 4.07. The maximum atomic E-state index is 11.7. The molecule has 1 unspecified atom stereocenters. The van der Waals surface area contributed by atoms with Crippen LogP contribution >= 0.6 is 0 Å². The first-order valence-corrected chi connectivity index (χ1v) is 5.55. The molecule has 1 aliphatic heterocycles. The van der Waals surface area contributed by atoms with E-state index in [-0.39, 0.29) is 6.04 Å². The highest BCUT2D eigenvalue weighted by molar-refractivity contribution is 5.90. The number of carbonyl (C=O) groups excluding carboxylic acids is 2. The number of amides is 2. The molecule has 1 heterocycles. The van der Waals surface area contributed by atoms with Gasteiger partial charge in [0, 0.05) is 0 Å². The van der Waals surface area contributed by atoms with E-state index >= 15 is 0 Å². The number of hydrogen-bond donors (Lipinski definition) is 4. The third-order valence-corrected chi connectivity index (χ3v) is 2.65. The summed E-state index contributed by atoms with van der Waals surface area (Å²) in [6.45, 7) is 0.742. The van der Waals surface area contributed by atoms with Gasteiger partial charge in [0.05, 0.1) is 12.5 Å². The Kier molecular flexibility index (Phi) is 4.89. The van der Waals surface area contributed by atoms with Gasteiger partial charge in [0.25, 0.3) is 0 Å². The third-order valence-electron chi connectivity index (χ3n) is 2.65. The highest BCUT2D eigenvalue weighted by Crippen LogP contribution is 2.07. The molecule has 0 aromatic rings. The number of carboxylic acids is 1. The van der Waals surface area contributed by atoms with Gasteiger partial charge >= 0.3 is 5.97 Å². The number of aliphatic carboxylic acids is 1. The summed E-state index contributed by atoms with van der Waals surface area (Å²) in [5, 5.41) is 14.1. The molecule has 7 nitrogen and oxygen atoms in total. The van der Waals surface area contributed by atoms with E-state index in [0.717, 1.165) is 19.4 Å². The van der Waals surface area contributed by atoms with Crippen molar-refractivity contribution in [1.29, 1.82) is 0 Å². The molecule has 1 aliphatic rings. The van der Waals surface area contributed by atoms with Gasteiger partial charge in [-0.05, 0) is 19.4 Å². The normalized spacial score (nSPS) is 21.5. The molecule has 1 fully saturated rings. The lowest BCUT2D eigenvalue weighted by atomic mass is 10.0. The monoisotopic (exact) mass is 243 g/mol. The van der Waals surface area contributed by atoms with Crippen LogP contribution in [0.4, 0.5) is 0 Å². The Hall–Kier alpha value is -1.63. The molecule has 0 bridgehead atoms. The molecule has 0 aromatic carbocycles. The Labute approximate surface area is 98.7 Å². The van der Waals surface area contributed by atoms with Gasteiger partial charge in [-0.1, -0.05) is 6.42 Å². The van der Waals surface area contributed by atoms with Crippen molar-refractivity contribution in [3.63, 3.8) is 0 Å². The van der Waals surface area contributed by atoms with Crippen LogP contribution in [-0.4, -0.2) is 41.5 Å². The topological polar surface area (TPSA) is 122 Å². The lowest BCUT2D eigenvalue weighted by Crippen LogP contribution is -2.52. The van der Waals surface area contributed by atoms with E-state index in [9.17, 15) is 14.4 Å². The first-order chi connectivity index (χ1) is 8.00. The minimum absolute atomic E-state index is 0.376. The smallest absolute Gasteiger partial charge is 0.326 e. The maximum Gasteiger partial charge on any atom is 0.326 e. The van der Waals surface area contributed by atoms with E-state index in [2.05, 4.69) is 10.6 Å². The van der Waals surface area contributed by atoms with Crippen LogP contribution in [0.5, 0.6) is 0 Å². The summed E-state index contributed by atoms with van der Waals surface area (Å²) < 4.78 is 0. The molecule has 7 heteroatoms. The number of primary amides is 1. The Balaban J connectivity index is 2.50. The van der Waals surface area contributed by atoms with Crippen molar-refractivity contribution in [3.05, 3.63) is 0 Å². The molecule has 5 N–H and O–H groups in total. The molecule has 96 valence electrons. The molecule has 0 aromatic heterocycles. The quantitative estimate of drug-likeness (QED) is 0.472. The van der Waals surface area contributed by atoms with Crippen molar-refractivity contribution in [2.75, 3.05) is 6.54 Å². The van der Waals surface area contributed by atoms with E-state index < -0.39 is 30.2 Å². The van der Waals surface area contributed by atoms with E-state index in [0.29, 0.717) is 6.42 Å². The Morgan fingerprint density at radius 1 is 1.41 bits per heavy atom. The first kappa shape index (κ1) is 13.4. The van der Waals surface area contributed by atoms with Crippen molar-refractivity contribution in [2.45, 2.75) is 37.8 Å². The number of nitrogens with one attached hydrogen (secondary N) is 2. The fourth-order valence-corrected chi connectivity index (χ4v) is 1.75. The van der Waals surface area contributed by atoms with E-state index in [1.807, 2.05) is 0 Å². The highest BCUT2D eigenvalue weighted by Gasteiger charge is 2.27. The zero-order valence-electron chi connectivity index (χ0n) is 9.44. The lowest BCUT2D eigenvalue weighted by Gasteiger charge is -2.24. The summed E-state index contributed by atoms with van der Waals surface area (Å²) in [7, 11) is 0. The van der Waals surface area contributed by atoms with Gasteiger partial charge in [0.1, 0.15) is 6.04 Å². The Bertz CT molecular complexity index is 313. The van der Waals surface area contributed by atoms with Gasteiger partial charge in [0.15, 0.2) is 0 Å². The van der Waals surface area contributed by atoms with Crippen molar-refractivity contribution < 1.29 is 19.5 Å². The van der Waals surface area contributed by atoms with Crippen LogP contribution in [0.2, 0.25) is 0 Å². The van der Waals surface area contributed by atoms with Crippen molar-refractivity contribution in [2.24, 2.45) is 5.73 Å². The molecular formula is C10H17N3O4. The molecule has 0 saturated carbocycles. The van der Waals surface area contributed by atoms with Gasteiger partial charge in [-0.15, -0.1) is 0 Å². The average Bonchev–Trinajstić information content (AvgIpc) is 2.28. The van der Waals surface area contributed by atoms with Crippen LogP contribution in [0.3, 0.4) is 0 Å². The predicted molar refractivity (Wildman–Crippen MR) is 59.0 cm³/mol. The van der Waals surface area contributed by atoms with Crippen LogP contribution in [0.25, 0.3) is 0 Å². The second-order valence-electron chi connectivity index (χ2n) is 4.07. The first-order valence-electron chi connectivity index (χ1n) is 5.55. The predicted octanol–water partition coefficient (Wildman–Crippen LogP) is -1.43. The molecule has 17 heavy (non-hydrogen) atoms. The van der Waals surface area contributed by atoms with E-state index in [1.165, 1.54) is 0 Å². The number of carbonyl (C=O) groups is 3. The fourth-order valence-electron chi connectivity index (χ4n) is 1.75. The highest BCUT2D eigenvalue weighted by atomic mass is 16.4. The molecule has 2 atom stereocenters. The molecule has 1 rings (SSSR count). The van der Waals surface area contributed by atoms with Gasteiger partial charge in [0.2, 0.25) is 11.8 Å². The molecule has 1 saturated heterocycles. The van der Waals surface area contributed by atoms with E-state index in [4.69, 9.17) is 10.8 Å². The van der Waals surface area contributed by atoms with Crippen molar-refractivity contribution in [3.8, 4) is 0 Å². The fraction of sp³-hybridized carbons (Fsp3) is 0.700. The standard InChI is InChI=1S/C10H17N3O4/c11-8(14)5-7(10(16)17)13-9(15)6-3-1-2-4-12-6/h6-7,12H,1-5H2,(H2,11,14)(H,13,15)(H,16,17)/t6-,7?/m0/s1. The zero-order chi connectivity index (χ0) is 12.8. The molecular weight excluding hydrogens is 226 g/mol. The summed E-state index contributed by atoms with van der Waals surface area (Å²) in [6, 6.07) is -1.62. The number of hydrogen-bond acceptors (Lipinski definition) is 4. The van der Waals surface area contributed by atoms with Crippen LogP contribution in [0.1, 0.15) is 25.7 Å². The van der Waals surface area contributed by atoms with Crippen LogP contribution in [0.15, 0.2) is 0 Å². The van der Waals surface area contributed by atoms with Crippen LogP contribution < -0.4 is 16.4 Å². The summed E-state index contributed by atoms with van der Waals surface area (Å²) in [5.41, 5.74) is 4.92. The van der Waals surface area contributed by atoms with Gasteiger partial charge < -0.3 is 21.5 Å².